The molecule has 2 aromatic rings. The number of halogens is 2. The van der Waals surface area contributed by atoms with Crippen molar-refractivity contribution in [1.82, 2.24) is 0 Å². The van der Waals surface area contributed by atoms with E-state index in [1.807, 2.05) is 18.2 Å². The third-order valence-electron chi connectivity index (χ3n) is 2.16. The molecule has 0 spiro atoms. The van der Waals surface area contributed by atoms with Crippen LogP contribution in [-0.2, 0) is 0 Å². The van der Waals surface area contributed by atoms with E-state index in [1.54, 1.807) is 12.1 Å². The quantitative estimate of drug-likeness (QED) is 0.779. The topological polar surface area (TPSA) is 38.0 Å². The highest BCUT2D eigenvalue weighted by Gasteiger charge is 2.02. The van der Waals surface area contributed by atoms with E-state index < -0.39 is 5.82 Å². The minimum absolute atomic E-state index is 0.103. The average molecular weight is 237 g/mol. The lowest BCUT2D eigenvalue weighted by Crippen LogP contribution is -1.96. The fraction of sp³-hybridized carbons (Fsp3) is 0. The van der Waals surface area contributed by atoms with Gasteiger partial charge < -0.3 is 11.1 Å². The maximum atomic E-state index is 13.2. The van der Waals surface area contributed by atoms with Crippen LogP contribution in [-0.4, -0.2) is 0 Å². The Morgan fingerprint density at radius 1 is 1.12 bits per heavy atom. The lowest BCUT2D eigenvalue weighted by atomic mass is 10.2. The molecule has 0 amide bonds. The van der Waals surface area contributed by atoms with Crippen molar-refractivity contribution in [2.45, 2.75) is 0 Å². The molecule has 0 unspecified atom stereocenters. The molecule has 0 radical (unpaired) electrons. The lowest BCUT2D eigenvalue weighted by Gasteiger charge is -2.09. The minimum atomic E-state index is -0.457. The number of nitrogen functional groups attached to an aromatic ring is 1. The van der Waals surface area contributed by atoms with Crippen molar-refractivity contribution in [3.05, 3.63) is 53.3 Å². The molecular weight excluding hydrogens is 227 g/mol. The second kappa shape index (κ2) is 4.41. The normalized spacial score (nSPS) is 10.1. The predicted octanol–water partition coefficient (Wildman–Crippen LogP) is 3.80. The van der Waals surface area contributed by atoms with Crippen LogP contribution in [0.3, 0.4) is 0 Å². The average Bonchev–Trinajstić information content (AvgIpc) is 2.27. The molecule has 2 nitrogen and oxygen atoms in total. The Kier molecular flexibility index (Phi) is 2.97. The van der Waals surface area contributed by atoms with Gasteiger partial charge in [-0.15, -0.1) is 0 Å². The van der Waals surface area contributed by atoms with Crippen molar-refractivity contribution in [3.63, 3.8) is 0 Å². The molecule has 0 saturated carbocycles. The summed E-state index contributed by atoms with van der Waals surface area (Å²) in [5, 5.41) is 3.12. The van der Waals surface area contributed by atoms with Gasteiger partial charge in [0.1, 0.15) is 5.82 Å². The van der Waals surface area contributed by atoms with Gasteiger partial charge in [0, 0.05) is 5.69 Å². The van der Waals surface area contributed by atoms with Crippen LogP contribution in [0.5, 0.6) is 0 Å². The molecular formula is C12H10ClFN2. The van der Waals surface area contributed by atoms with E-state index in [0.29, 0.717) is 11.4 Å². The molecule has 0 bridgehead atoms. The summed E-state index contributed by atoms with van der Waals surface area (Å²) >= 11 is 5.59. The number of para-hydroxylation sites is 2. The Bertz CT molecular complexity index is 514. The molecule has 3 N–H and O–H groups in total. The van der Waals surface area contributed by atoms with Crippen LogP contribution in [0.2, 0.25) is 5.02 Å². The molecule has 0 saturated heterocycles. The van der Waals surface area contributed by atoms with Gasteiger partial charge in [0.2, 0.25) is 0 Å². The smallest absolute Gasteiger partial charge is 0.143 e. The van der Waals surface area contributed by atoms with E-state index in [-0.39, 0.29) is 5.02 Å². The Balaban J connectivity index is 2.28. The molecule has 2 rings (SSSR count). The fourth-order valence-electron chi connectivity index (χ4n) is 1.34. The third-order valence-corrected chi connectivity index (χ3v) is 2.47. The predicted molar refractivity (Wildman–Crippen MR) is 65.5 cm³/mol. The zero-order chi connectivity index (χ0) is 11.5. The van der Waals surface area contributed by atoms with Gasteiger partial charge in [0.05, 0.1) is 16.4 Å². The minimum Gasteiger partial charge on any atom is -0.397 e. The van der Waals surface area contributed by atoms with Gasteiger partial charge in [-0.2, -0.15) is 0 Å². The highest BCUT2D eigenvalue weighted by atomic mass is 35.5. The van der Waals surface area contributed by atoms with Crippen molar-refractivity contribution < 1.29 is 4.39 Å². The van der Waals surface area contributed by atoms with E-state index in [0.717, 1.165) is 5.69 Å². The van der Waals surface area contributed by atoms with Crippen molar-refractivity contribution in [1.29, 1.82) is 0 Å². The van der Waals surface area contributed by atoms with Gasteiger partial charge in [-0.05, 0) is 30.3 Å². The Labute approximate surface area is 97.8 Å². The summed E-state index contributed by atoms with van der Waals surface area (Å²) < 4.78 is 13.2. The summed E-state index contributed by atoms with van der Waals surface area (Å²) in [6, 6.07) is 11.8. The number of nitrogens with one attached hydrogen (secondary N) is 1. The second-order valence-corrected chi connectivity index (χ2v) is 3.75. The number of benzene rings is 2. The van der Waals surface area contributed by atoms with Crippen molar-refractivity contribution in [2.24, 2.45) is 0 Å². The molecule has 82 valence electrons. The summed E-state index contributed by atoms with van der Waals surface area (Å²) in [5.41, 5.74) is 7.71. The SMILES string of the molecule is Nc1ccccc1Nc1ccc(Cl)c(F)c1. The summed E-state index contributed by atoms with van der Waals surface area (Å²) in [4.78, 5) is 0. The standard InChI is InChI=1S/C12H10ClFN2/c13-9-6-5-8(7-10(9)14)16-12-4-2-1-3-11(12)15/h1-7,16H,15H2. The molecule has 0 fully saturated rings. The third kappa shape index (κ3) is 2.25. The van der Waals surface area contributed by atoms with Crippen LogP contribution in [0.1, 0.15) is 0 Å². The Hall–Kier alpha value is -1.74. The van der Waals surface area contributed by atoms with E-state index in [4.69, 9.17) is 17.3 Å². The van der Waals surface area contributed by atoms with E-state index in [2.05, 4.69) is 5.32 Å². The van der Waals surface area contributed by atoms with Gasteiger partial charge in [0.15, 0.2) is 0 Å². The number of rotatable bonds is 2. The molecule has 0 aliphatic carbocycles. The molecule has 0 aliphatic rings. The maximum absolute atomic E-state index is 13.2. The van der Waals surface area contributed by atoms with Gasteiger partial charge in [-0.3, -0.25) is 0 Å². The summed E-state index contributed by atoms with van der Waals surface area (Å²) in [5.74, 6) is -0.457. The molecule has 2 aromatic carbocycles. The molecule has 0 atom stereocenters. The van der Waals surface area contributed by atoms with Gasteiger partial charge in [-0.25, -0.2) is 4.39 Å². The van der Waals surface area contributed by atoms with Crippen LogP contribution in [0.25, 0.3) is 0 Å². The first-order valence-electron chi connectivity index (χ1n) is 4.73. The maximum Gasteiger partial charge on any atom is 0.143 e. The van der Waals surface area contributed by atoms with Gasteiger partial charge in [0.25, 0.3) is 0 Å². The largest absolute Gasteiger partial charge is 0.397 e. The van der Waals surface area contributed by atoms with Crippen molar-refractivity contribution >= 4 is 28.7 Å². The molecule has 0 aliphatic heterocycles. The summed E-state index contributed by atoms with van der Waals surface area (Å²) in [6.07, 6.45) is 0. The van der Waals surface area contributed by atoms with Crippen LogP contribution in [0.4, 0.5) is 21.5 Å². The molecule has 0 heterocycles. The lowest BCUT2D eigenvalue weighted by molar-refractivity contribution is 0.629. The van der Waals surface area contributed by atoms with Crippen LogP contribution in [0.15, 0.2) is 42.5 Å². The van der Waals surface area contributed by atoms with Crippen LogP contribution < -0.4 is 11.1 Å². The van der Waals surface area contributed by atoms with Crippen LogP contribution in [0, 0.1) is 5.82 Å². The van der Waals surface area contributed by atoms with Gasteiger partial charge >= 0.3 is 0 Å². The Morgan fingerprint density at radius 3 is 2.56 bits per heavy atom. The number of hydrogen-bond acceptors (Lipinski definition) is 2. The van der Waals surface area contributed by atoms with Crippen molar-refractivity contribution in [2.75, 3.05) is 11.1 Å². The monoisotopic (exact) mass is 236 g/mol. The van der Waals surface area contributed by atoms with E-state index in [1.165, 1.54) is 12.1 Å². The molecule has 4 heteroatoms. The highest BCUT2D eigenvalue weighted by molar-refractivity contribution is 6.30. The van der Waals surface area contributed by atoms with Gasteiger partial charge in [-0.1, -0.05) is 23.7 Å². The van der Waals surface area contributed by atoms with Crippen LogP contribution >= 0.6 is 11.6 Å². The zero-order valence-corrected chi connectivity index (χ0v) is 9.13. The summed E-state index contributed by atoms with van der Waals surface area (Å²) in [6.45, 7) is 0. The van der Waals surface area contributed by atoms with E-state index in [9.17, 15) is 4.39 Å². The first kappa shape index (κ1) is 10.8. The second-order valence-electron chi connectivity index (χ2n) is 3.34. The molecule has 0 aromatic heterocycles. The zero-order valence-electron chi connectivity index (χ0n) is 8.37. The number of anilines is 3. The van der Waals surface area contributed by atoms with E-state index >= 15 is 0 Å². The first-order chi connectivity index (χ1) is 7.66. The van der Waals surface area contributed by atoms with Crippen molar-refractivity contribution in [3.8, 4) is 0 Å². The molecule has 16 heavy (non-hydrogen) atoms. The highest BCUT2D eigenvalue weighted by Crippen LogP contribution is 2.25. The summed E-state index contributed by atoms with van der Waals surface area (Å²) in [7, 11) is 0. The Morgan fingerprint density at radius 2 is 1.88 bits per heavy atom. The first-order valence-corrected chi connectivity index (χ1v) is 5.11. The fourth-order valence-corrected chi connectivity index (χ4v) is 1.46. The number of hydrogen-bond donors (Lipinski definition) is 2. The number of nitrogens with two attached hydrogens (primary N) is 1.